The molecular formula is C16H15N3O2S. The number of carbonyl (C=O) groups excluding carboxylic acids is 1. The molecule has 2 heterocycles. The molecule has 2 aromatic heterocycles. The van der Waals surface area contributed by atoms with E-state index >= 15 is 0 Å². The Kier molecular flexibility index (Phi) is 4.39. The zero-order chi connectivity index (χ0) is 15.4. The second-order valence-electron chi connectivity index (χ2n) is 4.72. The Hall–Kier alpha value is -2.34. The molecule has 0 bridgehead atoms. The molecule has 22 heavy (non-hydrogen) atoms. The Morgan fingerprint density at radius 1 is 1.23 bits per heavy atom. The van der Waals surface area contributed by atoms with Crippen molar-refractivity contribution in [1.29, 1.82) is 0 Å². The van der Waals surface area contributed by atoms with E-state index in [1.54, 1.807) is 18.3 Å². The maximum absolute atomic E-state index is 11.9. The van der Waals surface area contributed by atoms with Gasteiger partial charge in [-0.25, -0.2) is 0 Å². The molecule has 6 heteroatoms. The quantitative estimate of drug-likeness (QED) is 0.556. The van der Waals surface area contributed by atoms with Gasteiger partial charge >= 0.3 is 0 Å². The Labute approximate surface area is 132 Å². The van der Waals surface area contributed by atoms with E-state index in [4.69, 9.17) is 4.42 Å². The van der Waals surface area contributed by atoms with Crippen LogP contribution in [-0.2, 0) is 6.42 Å². The lowest BCUT2D eigenvalue weighted by atomic mass is 10.1. The van der Waals surface area contributed by atoms with Crippen LogP contribution in [0.2, 0.25) is 0 Å². The van der Waals surface area contributed by atoms with Crippen molar-refractivity contribution in [1.82, 2.24) is 15.2 Å². The Morgan fingerprint density at radius 2 is 2.05 bits per heavy atom. The van der Waals surface area contributed by atoms with Gasteiger partial charge in [0.1, 0.15) is 0 Å². The second-order valence-corrected chi connectivity index (χ2v) is 5.65. The van der Waals surface area contributed by atoms with Gasteiger partial charge in [0.25, 0.3) is 5.22 Å². The number of aromatic amines is 1. The molecule has 0 aliphatic heterocycles. The van der Waals surface area contributed by atoms with Crippen LogP contribution in [0.5, 0.6) is 0 Å². The number of hydrogen-bond acceptors (Lipinski definition) is 5. The first-order chi connectivity index (χ1) is 10.8. The second kappa shape index (κ2) is 6.62. The Morgan fingerprint density at radius 3 is 2.73 bits per heavy atom. The summed E-state index contributed by atoms with van der Waals surface area (Å²) >= 11 is 1.24. The minimum absolute atomic E-state index is 0.00190. The van der Waals surface area contributed by atoms with E-state index < -0.39 is 0 Å². The van der Waals surface area contributed by atoms with Crippen molar-refractivity contribution in [3.63, 3.8) is 0 Å². The van der Waals surface area contributed by atoms with Gasteiger partial charge in [-0.1, -0.05) is 30.8 Å². The molecule has 0 atom stereocenters. The summed E-state index contributed by atoms with van der Waals surface area (Å²) in [5.74, 6) is 0.733. The molecule has 0 aliphatic rings. The third-order valence-electron chi connectivity index (χ3n) is 3.24. The molecule has 0 unspecified atom stereocenters. The van der Waals surface area contributed by atoms with Gasteiger partial charge in [-0.15, -0.1) is 10.2 Å². The molecule has 1 N–H and O–H groups in total. The van der Waals surface area contributed by atoms with Gasteiger partial charge in [0, 0.05) is 11.8 Å². The standard InChI is InChI=1S/C16H15N3O2S/c1-2-11-5-7-12(8-6-11)15-18-19-16(21-15)22-10-14(20)13-4-3-9-17-13/h3-9,17H,2,10H2,1H3. The fourth-order valence-corrected chi connectivity index (χ4v) is 2.62. The number of H-pyrrole nitrogens is 1. The summed E-state index contributed by atoms with van der Waals surface area (Å²) in [5, 5.41) is 8.40. The number of nitrogens with zero attached hydrogens (tertiary/aromatic N) is 2. The number of nitrogens with one attached hydrogen (secondary N) is 1. The first-order valence-corrected chi connectivity index (χ1v) is 7.97. The lowest BCUT2D eigenvalue weighted by Gasteiger charge is -1.97. The molecule has 3 aromatic rings. The number of Topliss-reactive ketones (excluding diaryl/α,β-unsaturated/α-hetero) is 1. The predicted octanol–water partition coefficient (Wildman–Crippen LogP) is 3.60. The minimum atomic E-state index is 0.00190. The summed E-state index contributed by atoms with van der Waals surface area (Å²) in [6, 6.07) is 11.6. The van der Waals surface area contributed by atoms with Gasteiger partial charge in [0.15, 0.2) is 5.78 Å². The molecule has 0 saturated heterocycles. The smallest absolute Gasteiger partial charge is 0.277 e. The van der Waals surface area contributed by atoms with E-state index in [2.05, 4.69) is 22.1 Å². The highest BCUT2D eigenvalue weighted by atomic mass is 32.2. The van der Waals surface area contributed by atoms with Gasteiger partial charge in [0.2, 0.25) is 5.89 Å². The average Bonchev–Trinajstić information content (AvgIpc) is 3.24. The van der Waals surface area contributed by atoms with Crippen molar-refractivity contribution < 1.29 is 9.21 Å². The van der Waals surface area contributed by atoms with Gasteiger partial charge in [-0.3, -0.25) is 4.79 Å². The monoisotopic (exact) mass is 313 g/mol. The number of aryl methyl sites for hydroxylation is 1. The lowest BCUT2D eigenvalue weighted by molar-refractivity contribution is 0.101. The molecule has 0 fully saturated rings. The van der Waals surface area contributed by atoms with Crippen LogP contribution < -0.4 is 0 Å². The highest BCUT2D eigenvalue weighted by molar-refractivity contribution is 7.99. The molecule has 0 amide bonds. The third-order valence-corrected chi connectivity index (χ3v) is 4.06. The molecule has 0 spiro atoms. The minimum Gasteiger partial charge on any atom is -0.411 e. The molecule has 0 aliphatic carbocycles. The van der Waals surface area contributed by atoms with Crippen molar-refractivity contribution in [2.75, 3.05) is 5.75 Å². The van der Waals surface area contributed by atoms with Crippen LogP contribution >= 0.6 is 11.8 Å². The fraction of sp³-hybridized carbons (Fsp3) is 0.188. The number of hydrogen-bond donors (Lipinski definition) is 1. The van der Waals surface area contributed by atoms with Gasteiger partial charge in [0.05, 0.1) is 11.4 Å². The van der Waals surface area contributed by atoms with E-state index in [-0.39, 0.29) is 11.5 Å². The molecule has 3 rings (SSSR count). The van der Waals surface area contributed by atoms with E-state index in [9.17, 15) is 4.79 Å². The van der Waals surface area contributed by atoms with Gasteiger partial charge in [-0.05, 0) is 36.2 Å². The highest BCUT2D eigenvalue weighted by Gasteiger charge is 2.12. The Bertz CT molecular complexity index is 748. The van der Waals surface area contributed by atoms with Gasteiger partial charge < -0.3 is 9.40 Å². The molecule has 1 aromatic carbocycles. The van der Waals surface area contributed by atoms with Crippen LogP contribution in [0.3, 0.4) is 0 Å². The maximum Gasteiger partial charge on any atom is 0.277 e. The van der Waals surface area contributed by atoms with Crippen molar-refractivity contribution in [2.45, 2.75) is 18.6 Å². The zero-order valence-corrected chi connectivity index (χ0v) is 12.9. The predicted molar refractivity (Wildman–Crippen MR) is 85.0 cm³/mol. The van der Waals surface area contributed by atoms with Crippen LogP contribution in [0.15, 0.2) is 52.2 Å². The van der Waals surface area contributed by atoms with Crippen LogP contribution in [0.4, 0.5) is 0 Å². The largest absolute Gasteiger partial charge is 0.411 e. The highest BCUT2D eigenvalue weighted by Crippen LogP contribution is 2.24. The number of thioether (sulfide) groups is 1. The number of benzene rings is 1. The fourth-order valence-electron chi connectivity index (χ4n) is 1.98. The van der Waals surface area contributed by atoms with Crippen LogP contribution in [-0.4, -0.2) is 26.7 Å². The third kappa shape index (κ3) is 3.28. The first-order valence-electron chi connectivity index (χ1n) is 6.98. The van der Waals surface area contributed by atoms with Crippen molar-refractivity contribution in [2.24, 2.45) is 0 Å². The molecule has 0 saturated carbocycles. The van der Waals surface area contributed by atoms with E-state index in [1.165, 1.54) is 17.3 Å². The van der Waals surface area contributed by atoms with E-state index in [1.807, 2.05) is 24.3 Å². The van der Waals surface area contributed by atoms with Crippen LogP contribution in [0, 0.1) is 0 Å². The lowest BCUT2D eigenvalue weighted by Crippen LogP contribution is -2.02. The number of carbonyl (C=O) groups is 1. The maximum atomic E-state index is 11.9. The number of rotatable bonds is 6. The topological polar surface area (TPSA) is 71.8 Å². The summed E-state index contributed by atoms with van der Waals surface area (Å²) in [4.78, 5) is 14.8. The SMILES string of the molecule is CCc1ccc(-c2nnc(SCC(=O)c3ccc[nH]3)o2)cc1. The number of aromatic nitrogens is 3. The van der Waals surface area contributed by atoms with Crippen molar-refractivity contribution >= 4 is 17.5 Å². The van der Waals surface area contributed by atoms with E-state index in [0.717, 1.165) is 12.0 Å². The average molecular weight is 313 g/mol. The summed E-state index contributed by atoms with van der Waals surface area (Å²) in [6.07, 6.45) is 2.72. The summed E-state index contributed by atoms with van der Waals surface area (Å²) in [6.45, 7) is 2.11. The first kappa shape index (κ1) is 14.6. The molecule has 112 valence electrons. The molecule has 5 nitrogen and oxygen atoms in total. The summed E-state index contributed by atoms with van der Waals surface area (Å²) in [5.41, 5.74) is 2.73. The molecule has 0 radical (unpaired) electrons. The van der Waals surface area contributed by atoms with Crippen molar-refractivity contribution in [3.05, 3.63) is 53.9 Å². The molecular weight excluding hydrogens is 298 g/mol. The zero-order valence-electron chi connectivity index (χ0n) is 12.1. The Balaban J connectivity index is 1.64. The summed E-state index contributed by atoms with van der Waals surface area (Å²) < 4.78 is 5.59. The van der Waals surface area contributed by atoms with E-state index in [0.29, 0.717) is 16.8 Å². The van der Waals surface area contributed by atoms with Crippen molar-refractivity contribution in [3.8, 4) is 11.5 Å². The normalized spacial score (nSPS) is 10.8. The number of ketones is 1. The van der Waals surface area contributed by atoms with Crippen LogP contribution in [0.1, 0.15) is 23.0 Å². The van der Waals surface area contributed by atoms with Gasteiger partial charge in [-0.2, -0.15) is 0 Å². The van der Waals surface area contributed by atoms with Crippen LogP contribution in [0.25, 0.3) is 11.5 Å². The summed E-state index contributed by atoms with van der Waals surface area (Å²) in [7, 11) is 0.